The molecule has 0 saturated heterocycles. The molecule has 1 N–H and O–H groups in total. The lowest BCUT2D eigenvalue weighted by Gasteiger charge is -2.32. The zero-order valence-corrected chi connectivity index (χ0v) is 11.6. The lowest BCUT2D eigenvalue weighted by atomic mass is 9.90. The number of para-hydroxylation sites is 1. The molecule has 3 rings (SSSR count). The molecule has 0 bridgehead atoms. The van der Waals surface area contributed by atoms with Crippen molar-refractivity contribution in [2.45, 2.75) is 19.3 Å². The van der Waals surface area contributed by atoms with Crippen LogP contribution in [0.25, 0.3) is 0 Å². The van der Waals surface area contributed by atoms with E-state index in [1.807, 2.05) is 0 Å². The summed E-state index contributed by atoms with van der Waals surface area (Å²) >= 11 is 0. The molecule has 2 aromatic rings. The lowest BCUT2D eigenvalue weighted by molar-refractivity contribution is -0.139. The molecule has 0 spiro atoms. The molecule has 1 aromatic carbocycles. The minimum Gasteiger partial charge on any atom is -0.481 e. The maximum atomic E-state index is 12.5. The van der Waals surface area contributed by atoms with E-state index >= 15 is 0 Å². The van der Waals surface area contributed by atoms with Crippen LogP contribution >= 0.6 is 0 Å². The van der Waals surface area contributed by atoms with Crippen LogP contribution in [0.2, 0.25) is 0 Å². The van der Waals surface area contributed by atoms with Crippen molar-refractivity contribution in [1.82, 2.24) is 0 Å². The molecule has 5 nitrogen and oxygen atoms in total. The van der Waals surface area contributed by atoms with E-state index in [-0.39, 0.29) is 11.7 Å². The van der Waals surface area contributed by atoms with Gasteiger partial charge in [0.1, 0.15) is 5.76 Å². The number of rotatable bonds is 2. The molecule has 1 aromatic heterocycles. The number of aliphatic carboxylic acids is 1. The third-order valence-electron chi connectivity index (χ3n) is 3.74. The Hall–Kier alpha value is -2.56. The number of benzene rings is 1. The third kappa shape index (κ3) is 2.31. The first-order valence-electron chi connectivity index (χ1n) is 6.78. The second-order valence-corrected chi connectivity index (χ2v) is 5.11. The Morgan fingerprint density at radius 1 is 1.24 bits per heavy atom. The van der Waals surface area contributed by atoms with E-state index in [4.69, 9.17) is 4.42 Å². The quantitative estimate of drug-likeness (QED) is 0.921. The minimum atomic E-state index is -0.858. The summed E-state index contributed by atoms with van der Waals surface area (Å²) in [5.41, 5.74) is 1.32. The monoisotopic (exact) mass is 285 g/mol. The predicted octanol–water partition coefficient (Wildman–Crippen LogP) is 2.81. The molecule has 1 aliphatic heterocycles. The van der Waals surface area contributed by atoms with Gasteiger partial charge in [-0.2, -0.15) is 0 Å². The van der Waals surface area contributed by atoms with E-state index in [1.165, 1.54) is 0 Å². The summed E-state index contributed by atoms with van der Waals surface area (Å²) in [7, 11) is 0. The van der Waals surface area contributed by atoms with Crippen LogP contribution < -0.4 is 4.90 Å². The van der Waals surface area contributed by atoms with Crippen LogP contribution in [0.3, 0.4) is 0 Å². The zero-order valence-electron chi connectivity index (χ0n) is 11.6. The molecule has 0 fully saturated rings. The van der Waals surface area contributed by atoms with Crippen LogP contribution in [0.15, 0.2) is 40.8 Å². The van der Waals surface area contributed by atoms with Gasteiger partial charge < -0.3 is 14.4 Å². The maximum absolute atomic E-state index is 12.5. The highest BCUT2D eigenvalue weighted by atomic mass is 16.4. The van der Waals surface area contributed by atoms with Crippen LogP contribution in [0, 0.1) is 6.92 Å². The van der Waals surface area contributed by atoms with Gasteiger partial charge in [0.15, 0.2) is 5.76 Å². The summed E-state index contributed by atoms with van der Waals surface area (Å²) in [6.45, 7) is 2.15. The maximum Gasteiger partial charge on any atom is 0.311 e. The van der Waals surface area contributed by atoms with Gasteiger partial charge in [0, 0.05) is 12.2 Å². The average molecular weight is 285 g/mol. The fourth-order valence-corrected chi connectivity index (χ4v) is 2.71. The minimum absolute atomic E-state index is 0.237. The molecular weight excluding hydrogens is 270 g/mol. The highest BCUT2D eigenvalue weighted by molar-refractivity contribution is 6.05. The summed E-state index contributed by atoms with van der Waals surface area (Å²) < 4.78 is 5.38. The Balaban J connectivity index is 2.00. The normalized spacial score (nSPS) is 17.4. The van der Waals surface area contributed by atoms with Crippen LogP contribution in [-0.4, -0.2) is 23.5 Å². The first-order valence-corrected chi connectivity index (χ1v) is 6.78. The van der Waals surface area contributed by atoms with Crippen molar-refractivity contribution in [2.24, 2.45) is 0 Å². The Bertz CT molecular complexity index is 704. The van der Waals surface area contributed by atoms with Crippen molar-refractivity contribution in [3.8, 4) is 0 Å². The SMILES string of the molecule is Cc1ccc(C(=O)N2CCC(C(=O)O)c3ccccc32)o1. The van der Waals surface area contributed by atoms with E-state index in [9.17, 15) is 14.7 Å². The number of anilines is 1. The molecule has 0 radical (unpaired) electrons. The highest BCUT2D eigenvalue weighted by Gasteiger charge is 2.33. The zero-order chi connectivity index (χ0) is 15.0. The Morgan fingerprint density at radius 3 is 2.67 bits per heavy atom. The number of amides is 1. The number of carbonyl (C=O) groups is 2. The number of hydrogen-bond donors (Lipinski definition) is 1. The van der Waals surface area contributed by atoms with Crippen molar-refractivity contribution in [3.05, 3.63) is 53.5 Å². The third-order valence-corrected chi connectivity index (χ3v) is 3.74. The topological polar surface area (TPSA) is 70.8 Å². The fraction of sp³-hybridized carbons (Fsp3) is 0.250. The molecule has 0 aliphatic carbocycles. The molecule has 5 heteroatoms. The smallest absolute Gasteiger partial charge is 0.311 e. The van der Waals surface area contributed by atoms with E-state index in [2.05, 4.69) is 0 Å². The van der Waals surface area contributed by atoms with Crippen LogP contribution in [-0.2, 0) is 4.79 Å². The van der Waals surface area contributed by atoms with Crippen molar-refractivity contribution in [1.29, 1.82) is 0 Å². The van der Waals surface area contributed by atoms with Crippen molar-refractivity contribution in [3.63, 3.8) is 0 Å². The Kier molecular flexibility index (Phi) is 3.25. The van der Waals surface area contributed by atoms with Gasteiger partial charge in [-0.1, -0.05) is 18.2 Å². The molecule has 21 heavy (non-hydrogen) atoms. The number of fused-ring (bicyclic) bond motifs is 1. The number of carbonyl (C=O) groups excluding carboxylic acids is 1. The second-order valence-electron chi connectivity index (χ2n) is 5.11. The second kappa shape index (κ2) is 5.09. The predicted molar refractivity (Wildman–Crippen MR) is 76.6 cm³/mol. The van der Waals surface area contributed by atoms with Gasteiger partial charge in [0.2, 0.25) is 0 Å². The van der Waals surface area contributed by atoms with Crippen LogP contribution in [0.5, 0.6) is 0 Å². The molecule has 108 valence electrons. The van der Waals surface area contributed by atoms with E-state index in [0.717, 1.165) is 0 Å². The molecule has 1 amide bonds. The first kappa shape index (κ1) is 13.4. The van der Waals surface area contributed by atoms with Gasteiger partial charge in [0.05, 0.1) is 5.92 Å². The summed E-state index contributed by atoms with van der Waals surface area (Å²) in [5, 5.41) is 9.31. The molecule has 1 aliphatic rings. The Morgan fingerprint density at radius 2 is 2.00 bits per heavy atom. The number of nitrogens with zero attached hydrogens (tertiary/aromatic N) is 1. The number of furan rings is 1. The van der Waals surface area contributed by atoms with E-state index < -0.39 is 11.9 Å². The summed E-state index contributed by atoms with van der Waals surface area (Å²) in [4.78, 5) is 25.5. The molecule has 1 unspecified atom stereocenters. The molecular formula is C16H15NO4. The first-order chi connectivity index (χ1) is 10.1. The number of carboxylic acid groups (broad SMARTS) is 1. The molecule has 1 atom stereocenters. The van der Waals surface area contributed by atoms with E-state index in [0.29, 0.717) is 30.0 Å². The van der Waals surface area contributed by atoms with Crippen LogP contribution in [0.1, 0.15) is 34.2 Å². The highest BCUT2D eigenvalue weighted by Crippen LogP contribution is 2.36. The fourth-order valence-electron chi connectivity index (χ4n) is 2.71. The summed E-state index contributed by atoms with van der Waals surface area (Å²) in [6, 6.07) is 10.5. The average Bonchev–Trinajstić information content (AvgIpc) is 2.91. The van der Waals surface area contributed by atoms with Gasteiger partial charge in [-0.3, -0.25) is 9.59 Å². The van der Waals surface area contributed by atoms with Crippen molar-refractivity contribution in [2.75, 3.05) is 11.4 Å². The van der Waals surface area contributed by atoms with Crippen molar-refractivity contribution < 1.29 is 19.1 Å². The molecule has 0 saturated carbocycles. The number of aryl methyl sites for hydroxylation is 1. The largest absolute Gasteiger partial charge is 0.481 e. The van der Waals surface area contributed by atoms with Gasteiger partial charge in [0.25, 0.3) is 5.91 Å². The van der Waals surface area contributed by atoms with E-state index in [1.54, 1.807) is 48.2 Å². The number of carboxylic acids is 1. The standard InChI is InChI=1S/C16H15NO4/c1-10-6-7-14(21-10)15(18)17-9-8-12(16(19)20)11-4-2-3-5-13(11)17/h2-7,12H,8-9H2,1H3,(H,19,20). The lowest BCUT2D eigenvalue weighted by Crippen LogP contribution is -2.38. The van der Waals surface area contributed by atoms with Gasteiger partial charge >= 0.3 is 5.97 Å². The van der Waals surface area contributed by atoms with Crippen molar-refractivity contribution >= 4 is 17.6 Å². The summed E-state index contributed by atoms with van der Waals surface area (Å²) in [6.07, 6.45) is 0.401. The molecule has 2 heterocycles. The van der Waals surface area contributed by atoms with Gasteiger partial charge in [-0.25, -0.2) is 0 Å². The number of hydrogen-bond acceptors (Lipinski definition) is 3. The summed E-state index contributed by atoms with van der Waals surface area (Å²) in [5.74, 6) is -0.713. The van der Waals surface area contributed by atoms with Crippen LogP contribution in [0.4, 0.5) is 5.69 Å². The Labute approximate surface area is 121 Å². The van der Waals surface area contributed by atoms with Gasteiger partial charge in [-0.15, -0.1) is 0 Å². The van der Waals surface area contributed by atoms with Gasteiger partial charge in [-0.05, 0) is 37.1 Å².